The summed E-state index contributed by atoms with van der Waals surface area (Å²) in [6.07, 6.45) is 3.14. The molecule has 158 valence electrons. The van der Waals surface area contributed by atoms with Gasteiger partial charge in [-0.3, -0.25) is 0 Å². The molecule has 0 N–H and O–H groups in total. The second kappa shape index (κ2) is 8.71. The Morgan fingerprint density at radius 2 is 1.15 bits per heavy atom. The van der Waals surface area contributed by atoms with Gasteiger partial charge >= 0.3 is 173 Å². The van der Waals surface area contributed by atoms with Gasteiger partial charge in [0.25, 0.3) is 0 Å². The van der Waals surface area contributed by atoms with Crippen molar-refractivity contribution in [1.29, 1.82) is 0 Å². The second-order valence-electron chi connectivity index (χ2n) is 9.48. The molecule has 0 bridgehead atoms. The summed E-state index contributed by atoms with van der Waals surface area (Å²) in [6, 6.07) is 2.41. The van der Waals surface area contributed by atoms with Gasteiger partial charge in [0.05, 0.1) is 0 Å². The quantitative estimate of drug-likeness (QED) is 0.428. The molecule has 0 spiro atoms. The predicted molar refractivity (Wildman–Crippen MR) is 111 cm³/mol. The minimum atomic E-state index is -3.72. The van der Waals surface area contributed by atoms with E-state index in [1.165, 1.54) is 17.0 Å². The number of hydrogen-bond donors (Lipinski definition) is 0. The summed E-state index contributed by atoms with van der Waals surface area (Å²) in [4.78, 5) is 0. The third-order valence-electron chi connectivity index (χ3n) is 6.76. The van der Waals surface area contributed by atoms with E-state index in [4.69, 9.17) is 9.96 Å². The Morgan fingerprint density at radius 3 is 1.48 bits per heavy atom. The summed E-state index contributed by atoms with van der Waals surface area (Å²) in [5.41, 5.74) is 4.02. The fourth-order valence-electron chi connectivity index (χ4n) is 3.54. The molecule has 0 radical (unpaired) electrons. The molecule has 0 aliphatic heterocycles. The number of aromatic nitrogens is 1. The van der Waals surface area contributed by atoms with E-state index >= 15 is 0 Å². The maximum atomic E-state index is 6.05. The normalized spacial score (nSPS) is 14.1. The van der Waals surface area contributed by atoms with Crippen molar-refractivity contribution in [3.63, 3.8) is 0 Å². The van der Waals surface area contributed by atoms with Crippen molar-refractivity contribution in [3.05, 3.63) is 23.0 Å². The third-order valence-corrected chi connectivity index (χ3v) is 10.8. The van der Waals surface area contributed by atoms with Gasteiger partial charge < -0.3 is 0 Å². The van der Waals surface area contributed by atoms with Crippen molar-refractivity contribution in [2.24, 2.45) is 0 Å². The molecule has 27 heavy (non-hydrogen) atoms. The first-order chi connectivity index (χ1) is 12.3. The molecule has 1 aromatic heterocycles. The molecule has 0 aliphatic rings. The van der Waals surface area contributed by atoms with Crippen LogP contribution in [0.25, 0.3) is 0 Å². The number of rotatable bonds is 10. The third kappa shape index (κ3) is 4.40. The molecular weight excluding hydrogens is 374 g/mol. The van der Waals surface area contributed by atoms with E-state index in [0.717, 1.165) is 19.3 Å². The first-order valence-electron chi connectivity index (χ1n) is 10.3. The van der Waals surface area contributed by atoms with Crippen molar-refractivity contribution in [1.82, 2.24) is 3.05 Å². The van der Waals surface area contributed by atoms with Crippen LogP contribution in [-0.4, -0.2) is 24.4 Å². The topological polar surface area (TPSA) is 32.6 Å². The van der Waals surface area contributed by atoms with Crippen LogP contribution >= 0.6 is 0 Å². The standard InChI is InChI=1S/C19H34N.3CH3O.Ti/c1-10-17(4,5)14-13-15(18(6,7)11-2)20-16(14)19(8,9)12-3;3*1-2;/h13H,10-12H2,1-9H3;3*1H3;/q4*-1;+4. The molecule has 0 atom stereocenters. The molecule has 4 nitrogen and oxygen atoms in total. The van der Waals surface area contributed by atoms with Crippen LogP contribution < -0.4 is 0 Å². The van der Waals surface area contributed by atoms with Crippen LogP contribution in [0, 0.1) is 0 Å². The molecule has 0 unspecified atom stereocenters. The van der Waals surface area contributed by atoms with Gasteiger partial charge in [0.2, 0.25) is 0 Å². The van der Waals surface area contributed by atoms with Crippen molar-refractivity contribution in [2.75, 3.05) is 21.3 Å². The summed E-state index contributed by atoms with van der Waals surface area (Å²) >= 11 is -3.72. The van der Waals surface area contributed by atoms with Gasteiger partial charge in [0.1, 0.15) is 0 Å². The van der Waals surface area contributed by atoms with E-state index in [9.17, 15) is 0 Å². The van der Waals surface area contributed by atoms with Gasteiger partial charge in [-0.2, -0.15) is 0 Å². The van der Waals surface area contributed by atoms with Gasteiger partial charge in [-0.25, -0.2) is 0 Å². The summed E-state index contributed by atoms with van der Waals surface area (Å²) in [7, 11) is 5.18. The monoisotopic (exact) mass is 417 g/mol. The average molecular weight is 417 g/mol. The van der Waals surface area contributed by atoms with E-state index in [-0.39, 0.29) is 16.2 Å². The first-order valence-corrected chi connectivity index (χ1v) is 12.9. The van der Waals surface area contributed by atoms with Crippen LogP contribution in [0.1, 0.15) is 98.5 Å². The van der Waals surface area contributed by atoms with Gasteiger partial charge in [0.15, 0.2) is 0 Å². The zero-order chi connectivity index (χ0) is 21.3. The first kappa shape index (κ1) is 24.9. The fraction of sp³-hybridized carbons (Fsp3) is 0.818. The van der Waals surface area contributed by atoms with Gasteiger partial charge in [-0.1, -0.05) is 0 Å². The van der Waals surface area contributed by atoms with E-state index < -0.39 is 18.0 Å². The molecule has 0 aliphatic carbocycles. The van der Waals surface area contributed by atoms with Crippen molar-refractivity contribution >= 4 is 0 Å². The van der Waals surface area contributed by atoms with Crippen LogP contribution in [0.2, 0.25) is 0 Å². The van der Waals surface area contributed by atoms with E-state index in [1.54, 1.807) is 21.3 Å². The van der Waals surface area contributed by atoms with Crippen molar-refractivity contribution in [3.8, 4) is 0 Å². The molecule has 1 rings (SSSR count). The summed E-state index contributed by atoms with van der Waals surface area (Å²) in [6.45, 7) is 20.7. The zero-order valence-electron chi connectivity index (χ0n) is 19.9. The number of hydrogen-bond acceptors (Lipinski definition) is 3. The fourth-order valence-corrected chi connectivity index (χ4v) is 7.30. The molecule has 1 heterocycles. The minimum absolute atomic E-state index is 0.00721. The average Bonchev–Trinajstić information content (AvgIpc) is 3.07. The SMILES string of the molecule is CCC(C)(C)c1cc(C(C)(C)CC)[n]([Ti]([O]C)([O]C)[O]C)c1C(C)(C)CC. The maximum absolute atomic E-state index is 6.05. The Hall–Kier alpha value is -0.126. The van der Waals surface area contributed by atoms with Gasteiger partial charge in [0, 0.05) is 0 Å². The Balaban J connectivity index is 4.17. The van der Waals surface area contributed by atoms with Crippen LogP contribution in [0.5, 0.6) is 0 Å². The molecule has 0 saturated heterocycles. The Morgan fingerprint density at radius 1 is 0.741 bits per heavy atom. The zero-order valence-corrected chi connectivity index (χ0v) is 21.4. The Kier molecular flexibility index (Phi) is 8.04. The summed E-state index contributed by atoms with van der Waals surface area (Å²) in [5.74, 6) is 0. The second-order valence-corrected chi connectivity index (χ2v) is 13.7. The van der Waals surface area contributed by atoms with Crippen molar-refractivity contribution < 1.29 is 28.0 Å². The van der Waals surface area contributed by atoms with Crippen LogP contribution in [0.4, 0.5) is 0 Å². The van der Waals surface area contributed by atoms with Crippen LogP contribution in [-0.2, 0) is 44.2 Å². The van der Waals surface area contributed by atoms with Gasteiger partial charge in [-0.05, 0) is 0 Å². The molecular formula is C22H43NO3Ti. The molecule has 5 heteroatoms. The molecule has 0 fully saturated rings. The van der Waals surface area contributed by atoms with E-state index in [1.807, 2.05) is 0 Å². The molecule has 0 saturated carbocycles. The summed E-state index contributed by atoms with van der Waals surface area (Å²) in [5, 5.41) is 0. The Labute approximate surface area is 173 Å². The Bertz CT molecular complexity index is 619. The molecule has 1 aromatic rings. The van der Waals surface area contributed by atoms with E-state index in [0.29, 0.717) is 0 Å². The number of nitrogens with zero attached hydrogens (tertiary/aromatic N) is 1. The predicted octanol–water partition coefficient (Wildman–Crippen LogP) is 6.15. The van der Waals surface area contributed by atoms with E-state index in [2.05, 4.69) is 71.4 Å². The van der Waals surface area contributed by atoms with Crippen molar-refractivity contribution in [2.45, 2.75) is 97.8 Å². The van der Waals surface area contributed by atoms with Crippen LogP contribution in [0.15, 0.2) is 6.07 Å². The molecule has 0 aromatic carbocycles. The molecule has 0 amide bonds. The van der Waals surface area contributed by atoms with Gasteiger partial charge in [-0.15, -0.1) is 0 Å². The van der Waals surface area contributed by atoms with Crippen LogP contribution in [0.3, 0.4) is 0 Å². The summed E-state index contributed by atoms with van der Waals surface area (Å²) < 4.78 is 20.5.